The van der Waals surface area contributed by atoms with Crippen LogP contribution in [0.2, 0.25) is 0 Å². The van der Waals surface area contributed by atoms with Gasteiger partial charge < -0.3 is 9.73 Å². The van der Waals surface area contributed by atoms with Crippen molar-refractivity contribution in [2.75, 3.05) is 0 Å². The lowest BCUT2D eigenvalue weighted by atomic mass is 9.77. The van der Waals surface area contributed by atoms with Crippen LogP contribution >= 0.6 is 0 Å². The number of urea groups is 1. The predicted molar refractivity (Wildman–Crippen MR) is 86.3 cm³/mol. The maximum absolute atomic E-state index is 13.8. The van der Waals surface area contributed by atoms with Crippen LogP contribution in [0.25, 0.3) is 0 Å². The van der Waals surface area contributed by atoms with Crippen LogP contribution in [0, 0.1) is 11.8 Å². The molecule has 2 fully saturated rings. The molecule has 0 aromatic carbocycles. The molecule has 27 heavy (non-hydrogen) atoms. The zero-order valence-corrected chi connectivity index (χ0v) is 14.8. The fourth-order valence-electron chi connectivity index (χ4n) is 3.75. The average molecular weight is 387 g/mol. The highest BCUT2D eigenvalue weighted by Crippen LogP contribution is 2.39. The summed E-state index contributed by atoms with van der Waals surface area (Å²) in [6.07, 6.45) is -2.13. The van der Waals surface area contributed by atoms with E-state index in [1.807, 2.05) is 13.8 Å². The van der Waals surface area contributed by atoms with Crippen molar-refractivity contribution >= 4 is 17.8 Å². The molecule has 4 amide bonds. The van der Waals surface area contributed by atoms with Gasteiger partial charge in [-0.05, 0) is 30.4 Å². The van der Waals surface area contributed by atoms with Crippen molar-refractivity contribution in [3.63, 3.8) is 0 Å². The van der Waals surface area contributed by atoms with Crippen LogP contribution in [0.15, 0.2) is 22.8 Å². The van der Waals surface area contributed by atoms with Gasteiger partial charge in [0.05, 0.1) is 6.26 Å². The number of imide groups is 1. The lowest BCUT2D eigenvalue weighted by Crippen LogP contribution is -2.69. The smallest absolute Gasteiger partial charge is 0.440 e. The highest BCUT2D eigenvalue weighted by molar-refractivity contribution is 6.10. The number of alkyl halides is 3. The molecule has 1 saturated heterocycles. The van der Waals surface area contributed by atoms with E-state index in [9.17, 15) is 27.6 Å². The van der Waals surface area contributed by atoms with E-state index in [0.29, 0.717) is 17.7 Å². The van der Waals surface area contributed by atoms with E-state index in [2.05, 4.69) is 0 Å². The number of carbonyl (C=O) groups excluding carboxylic acids is 3. The third-order valence-electron chi connectivity index (χ3n) is 5.52. The standard InChI is InChI=1S/C17H20F3N3O4/c1-9-5-3-6-11(10(9)2)23-14(25)16(17(18,19)20,22-15(23)26)21-13(24)12-7-4-8-27-12/h4,7-11H,3,5-6H2,1-2H3,(H,21,24)(H,22,26)/t9-,10-,11+,16+/m1/s1. The zero-order chi connectivity index (χ0) is 20.0. The topological polar surface area (TPSA) is 91.7 Å². The summed E-state index contributed by atoms with van der Waals surface area (Å²) in [5, 5.41) is 3.30. The summed E-state index contributed by atoms with van der Waals surface area (Å²) in [4.78, 5) is 38.0. The summed E-state index contributed by atoms with van der Waals surface area (Å²) in [5.74, 6) is -3.18. The predicted octanol–water partition coefficient (Wildman–Crippen LogP) is 2.64. The first-order chi connectivity index (χ1) is 12.6. The van der Waals surface area contributed by atoms with Crippen molar-refractivity contribution in [1.82, 2.24) is 15.5 Å². The monoisotopic (exact) mass is 387 g/mol. The second-order valence-corrected chi connectivity index (χ2v) is 7.12. The maximum Gasteiger partial charge on any atom is 0.440 e. The summed E-state index contributed by atoms with van der Waals surface area (Å²) >= 11 is 0. The summed E-state index contributed by atoms with van der Waals surface area (Å²) < 4.78 is 46.3. The lowest BCUT2D eigenvalue weighted by Gasteiger charge is -2.38. The second-order valence-electron chi connectivity index (χ2n) is 7.12. The summed E-state index contributed by atoms with van der Waals surface area (Å²) in [6.45, 7) is 3.75. The van der Waals surface area contributed by atoms with Crippen LogP contribution in [-0.4, -0.2) is 40.6 Å². The van der Waals surface area contributed by atoms with Crippen LogP contribution in [0.3, 0.4) is 0 Å². The minimum absolute atomic E-state index is 0.154. The Morgan fingerprint density at radius 2 is 2.04 bits per heavy atom. The van der Waals surface area contributed by atoms with Crippen molar-refractivity contribution in [1.29, 1.82) is 0 Å². The SMILES string of the molecule is C[C@@H]1[C@H](C)CCC[C@@H]1N1C(=O)N[C@](NC(=O)c2ccco2)(C(F)(F)F)C1=O. The Kier molecular flexibility index (Phi) is 4.69. The van der Waals surface area contributed by atoms with Crippen molar-refractivity contribution in [2.45, 2.75) is 51.0 Å². The van der Waals surface area contributed by atoms with Crippen LogP contribution in [-0.2, 0) is 4.79 Å². The number of rotatable bonds is 3. The minimum atomic E-state index is -5.24. The van der Waals surface area contributed by atoms with E-state index in [1.54, 1.807) is 10.6 Å². The molecule has 7 nitrogen and oxygen atoms in total. The van der Waals surface area contributed by atoms with E-state index in [4.69, 9.17) is 4.42 Å². The van der Waals surface area contributed by atoms with E-state index in [1.165, 1.54) is 6.07 Å². The van der Waals surface area contributed by atoms with Crippen molar-refractivity contribution in [3.05, 3.63) is 24.2 Å². The van der Waals surface area contributed by atoms with E-state index in [-0.39, 0.29) is 11.8 Å². The number of halogens is 3. The molecule has 148 valence electrons. The van der Waals surface area contributed by atoms with Gasteiger partial charge in [-0.25, -0.2) is 4.79 Å². The summed E-state index contributed by atoms with van der Waals surface area (Å²) in [6, 6.07) is 0.652. The minimum Gasteiger partial charge on any atom is -0.459 e. The number of nitrogens with zero attached hydrogens (tertiary/aromatic N) is 1. The lowest BCUT2D eigenvalue weighted by molar-refractivity contribution is -0.201. The molecule has 2 aliphatic rings. The third kappa shape index (κ3) is 3.06. The van der Waals surface area contributed by atoms with Crippen LogP contribution in [0.4, 0.5) is 18.0 Å². The Hall–Kier alpha value is -2.52. The van der Waals surface area contributed by atoms with Crippen LogP contribution in [0.1, 0.15) is 43.7 Å². The van der Waals surface area contributed by atoms with E-state index >= 15 is 0 Å². The molecule has 0 radical (unpaired) electrons. The maximum atomic E-state index is 13.8. The molecule has 3 rings (SSSR count). The van der Waals surface area contributed by atoms with Gasteiger partial charge in [0, 0.05) is 6.04 Å². The Morgan fingerprint density at radius 1 is 1.33 bits per heavy atom. The molecule has 1 saturated carbocycles. The molecular formula is C17H20F3N3O4. The van der Waals surface area contributed by atoms with Crippen molar-refractivity contribution < 1.29 is 32.0 Å². The number of hydrogen-bond donors (Lipinski definition) is 2. The van der Waals surface area contributed by atoms with Gasteiger partial charge in [0.2, 0.25) is 0 Å². The average Bonchev–Trinajstić information content (AvgIpc) is 3.18. The van der Waals surface area contributed by atoms with Gasteiger partial charge in [0.15, 0.2) is 5.76 Å². The van der Waals surface area contributed by atoms with Gasteiger partial charge in [-0.3, -0.25) is 19.8 Å². The molecule has 1 aromatic rings. The first-order valence-electron chi connectivity index (χ1n) is 8.67. The quantitative estimate of drug-likeness (QED) is 0.780. The number of nitrogens with one attached hydrogen (secondary N) is 2. The molecule has 2 heterocycles. The third-order valence-corrected chi connectivity index (χ3v) is 5.52. The highest BCUT2D eigenvalue weighted by Gasteiger charge is 2.70. The molecule has 1 aromatic heterocycles. The number of amides is 4. The summed E-state index contributed by atoms with van der Waals surface area (Å²) in [5.41, 5.74) is -3.52. The van der Waals surface area contributed by atoms with Crippen molar-refractivity contribution in [2.24, 2.45) is 11.8 Å². The first-order valence-corrected chi connectivity index (χ1v) is 8.67. The molecule has 1 aliphatic heterocycles. The Bertz CT molecular complexity index is 749. The number of furan rings is 1. The molecule has 0 bridgehead atoms. The van der Waals surface area contributed by atoms with Crippen LogP contribution < -0.4 is 10.6 Å². The fourth-order valence-corrected chi connectivity index (χ4v) is 3.75. The van der Waals surface area contributed by atoms with Gasteiger partial charge in [0.1, 0.15) is 0 Å². The molecule has 10 heteroatoms. The first kappa shape index (κ1) is 19.2. The molecule has 4 atom stereocenters. The van der Waals surface area contributed by atoms with Crippen molar-refractivity contribution in [3.8, 4) is 0 Å². The largest absolute Gasteiger partial charge is 0.459 e. The zero-order valence-electron chi connectivity index (χ0n) is 14.8. The number of hydrogen-bond acceptors (Lipinski definition) is 4. The number of carbonyl (C=O) groups is 3. The van der Waals surface area contributed by atoms with E-state index in [0.717, 1.165) is 18.8 Å². The van der Waals surface area contributed by atoms with Crippen LogP contribution in [0.5, 0.6) is 0 Å². The van der Waals surface area contributed by atoms with Gasteiger partial charge >= 0.3 is 12.2 Å². The molecule has 1 aliphatic carbocycles. The normalized spacial score (nSPS) is 31.7. The van der Waals surface area contributed by atoms with Gasteiger partial charge in [-0.15, -0.1) is 0 Å². The molecular weight excluding hydrogens is 367 g/mol. The molecule has 0 unspecified atom stereocenters. The van der Waals surface area contributed by atoms with Gasteiger partial charge in [-0.2, -0.15) is 13.2 Å². The summed E-state index contributed by atoms with van der Waals surface area (Å²) in [7, 11) is 0. The second kappa shape index (κ2) is 6.58. The van der Waals surface area contributed by atoms with Gasteiger partial charge in [-0.1, -0.05) is 26.7 Å². The van der Waals surface area contributed by atoms with Gasteiger partial charge in [0.25, 0.3) is 17.5 Å². The fraction of sp³-hybridized carbons (Fsp3) is 0.588. The molecule has 0 spiro atoms. The molecule has 2 N–H and O–H groups in total. The van der Waals surface area contributed by atoms with E-state index < -0.39 is 41.5 Å². The highest BCUT2D eigenvalue weighted by atomic mass is 19.4. The Balaban J connectivity index is 1.94. The Labute approximate surface area is 153 Å². The Morgan fingerprint density at radius 3 is 2.63 bits per heavy atom.